The van der Waals surface area contributed by atoms with E-state index in [9.17, 15) is 0 Å². The van der Waals surface area contributed by atoms with Crippen LogP contribution in [-0.2, 0) is 6.54 Å². The molecule has 1 aliphatic rings. The fourth-order valence-electron chi connectivity index (χ4n) is 3.25. The molecule has 1 aromatic rings. The second kappa shape index (κ2) is 7.26. The summed E-state index contributed by atoms with van der Waals surface area (Å²) in [5.74, 6) is 0. The maximum atomic E-state index is 4.35. The van der Waals surface area contributed by atoms with Gasteiger partial charge in [-0.05, 0) is 55.7 Å². The van der Waals surface area contributed by atoms with Crippen molar-refractivity contribution in [2.75, 3.05) is 18.5 Å². The predicted molar refractivity (Wildman–Crippen MR) is 90.7 cm³/mol. The van der Waals surface area contributed by atoms with Crippen LogP contribution in [0.25, 0.3) is 0 Å². The second-order valence-electron chi connectivity index (χ2n) is 7.19. The Hall–Kier alpha value is -1.09. The summed E-state index contributed by atoms with van der Waals surface area (Å²) in [6, 6.07) is 2.81. The summed E-state index contributed by atoms with van der Waals surface area (Å²) in [5.41, 5.74) is 3.19. The lowest BCUT2D eigenvalue weighted by molar-refractivity contribution is 0.222. The Bertz CT molecular complexity index is 432. The highest BCUT2D eigenvalue weighted by molar-refractivity contribution is 5.52. The molecule has 1 aliphatic carbocycles. The van der Waals surface area contributed by atoms with Gasteiger partial charge in [0, 0.05) is 25.8 Å². The van der Waals surface area contributed by atoms with E-state index in [0.717, 1.165) is 13.1 Å². The quantitative estimate of drug-likeness (QED) is 0.803. The van der Waals surface area contributed by atoms with Crippen molar-refractivity contribution in [2.24, 2.45) is 5.41 Å². The topological polar surface area (TPSA) is 28.2 Å². The minimum absolute atomic E-state index is 0.526. The number of nitrogens with zero attached hydrogens (tertiary/aromatic N) is 2. The van der Waals surface area contributed by atoms with E-state index in [1.165, 1.54) is 43.4 Å². The molecule has 3 nitrogen and oxygen atoms in total. The van der Waals surface area contributed by atoms with E-state index < -0.39 is 0 Å². The Kier molecular flexibility index (Phi) is 5.63. The summed E-state index contributed by atoms with van der Waals surface area (Å²) in [7, 11) is 2.24. The van der Waals surface area contributed by atoms with Gasteiger partial charge < -0.3 is 10.2 Å². The van der Waals surface area contributed by atoms with Gasteiger partial charge in [0.05, 0.1) is 11.9 Å². The first-order valence-electron chi connectivity index (χ1n) is 8.40. The van der Waals surface area contributed by atoms with Crippen molar-refractivity contribution in [3.8, 4) is 0 Å². The molecule has 0 aliphatic heterocycles. The maximum Gasteiger partial charge on any atom is 0.0598 e. The number of nitrogens with one attached hydrogen (secondary N) is 1. The number of aromatic nitrogens is 1. The largest absolute Gasteiger partial charge is 0.370 e. The fraction of sp³-hybridized carbons (Fsp3) is 0.722. The molecule has 1 N–H and O–H groups in total. The third-order valence-electron chi connectivity index (χ3n) is 4.87. The molecule has 0 unspecified atom stereocenters. The van der Waals surface area contributed by atoms with Crippen LogP contribution in [-0.4, -0.2) is 24.6 Å². The second-order valence-corrected chi connectivity index (χ2v) is 7.19. The lowest BCUT2D eigenvalue weighted by Gasteiger charge is -2.40. The van der Waals surface area contributed by atoms with Gasteiger partial charge in [0.2, 0.25) is 0 Å². The lowest BCUT2D eigenvalue weighted by atomic mass is 9.75. The summed E-state index contributed by atoms with van der Waals surface area (Å²) in [6.45, 7) is 9.01. The molecular weight excluding hydrogens is 258 g/mol. The smallest absolute Gasteiger partial charge is 0.0598 e. The van der Waals surface area contributed by atoms with Crippen LogP contribution in [0, 0.1) is 5.41 Å². The van der Waals surface area contributed by atoms with E-state index in [0.29, 0.717) is 11.5 Å². The van der Waals surface area contributed by atoms with Gasteiger partial charge in [-0.25, -0.2) is 0 Å². The van der Waals surface area contributed by atoms with Gasteiger partial charge in [-0.2, -0.15) is 0 Å². The first-order chi connectivity index (χ1) is 10.0. The van der Waals surface area contributed by atoms with E-state index in [-0.39, 0.29) is 0 Å². The van der Waals surface area contributed by atoms with Gasteiger partial charge >= 0.3 is 0 Å². The van der Waals surface area contributed by atoms with Gasteiger partial charge in [0.25, 0.3) is 0 Å². The predicted octanol–water partition coefficient (Wildman–Crippen LogP) is 3.99. The minimum atomic E-state index is 0.526. The Morgan fingerprint density at radius 2 is 2.05 bits per heavy atom. The summed E-state index contributed by atoms with van der Waals surface area (Å²) in [6.07, 6.45) is 10.3. The van der Waals surface area contributed by atoms with Crippen LogP contribution in [0.3, 0.4) is 0 Å². The van der Waals surface area contributed by atoms with Crippen molar-refractivity contribution >= 4 is 5.69 Å². The molecule has 118 valence electrons. The third kappa shape index (κ3) is 4.44. The molecule has 0 amide bonds. The van der Waals surface area contributed by atoms with Crippen LogP contribution in [0.15, 0.2) is 18.5 Å². The van der Waals surface area contributed by atoms with E-state index in [2.05, 4.69) is 49.1 Å². The molecule has 2 rings (SSSR count). The number of pyridine rings is 1. The Balaban J connectivity index is 2.03. The van der Waals surface area contributed by atoms with E-state index in [1.54, 1.807) is 0 Å². The molecule has 0 radical (unpaired) electrons. The molecule has 1 saturated carbocycles. The summed E-state index contributed by atoms with van der Waals surface area (Å²) < 4.78 is 0. The van der Waals surface area contributed by atoms with Crippen molar-refractivity contribution in [3.05, 3.63) is 24.0 Å². The van der Waals surface area contributed by atoms with Gasteiger partial charge in [-0.3, -0.25) is 4.98 Å². The van der Waals surface area contributed by atoms with Crippen molar-refractivity contribution in [2.45, 2.75) is 65.5 Å². The molecule has 1 heterocycles. The van der Waals surface area contributed by atoms with Crippen LogP contribution >= 0.6 is 0 Å². The molecule has 21 heavy (non-hydrogen) atoms. The molecule has 1 aromatic heterocycles. The zero-order chi connectivity index (χ0) is 15.3. The molecule has 0 atom stereocenters. The van der Waals surface area contributed by atoms with Crippen molar-refractivity contribution < 1.29 is 0 Å². The Morgan fingerprint density at radius 1 is 1.33 bits per heavy atom. The maximum absolute atomic E-state index is 4.35. The zero-order valence-corrected chi connectivity index (χ0v) is 14.2. The van der Waals surface area contributed by atoms with Crippen molar-refractivity contribution in [3.63, 3.8) is 0 Å². The monoisotopic (exact) mass is 289 g/mol. The van der Waals surface area contributed by atoms with Crippen molar-refractivity contribution in [1.29, 1.82) is 0 Å². The fourth-order valence-corrected chi connectivity index (χ4v) is 3.25. The molecule has 3 heteroatoms. The molecule has 1 fully saturated rings. The lowest BCUT2D eigenvalue weighted by Crippen LogP contribution is -2.38. The standard InChI is InChI=1S/C18H31N3/c1-5-11-19-13-15-8-12-20-14-17(15)21(4)16-6-9-18(2,3)10-7-16/h8,12,14,16,19H,5-7,9-11,13H2,1-4H3. The van der Waals surface area contributed by atoms with Gasteiger partial charge in [0.15, 0.2) is 0 Å². The molecule has 0 aromatic carbocycles. The third-order valence-corrected chi connectivity index (χ3v) is 4.87. The average Bonchev–Trinajstić information content (AvgIpc) is 2.47. The van der Waals surface area contributed by atoms with Gasteiger partial charge in [0.1, 0.15) is 0 Å². The van der Waals surface area contributed by atoms with E-state index >= 15 is 0 Å². The van der Waals surface area contributed by atoms with Gasteiger partial charge in [-0.15, -0.1) is 0 Å². The highest BCUT2D eigenvalue weighted by Gasteiger charge is 2.29. The normalized spacial score (nSPS) is 18.7. The molecule has 0 spiro atoms. The molecular formula is C18H31N3. The van der Waals surface area contributed by atoms with Crippen LogP contribution in [0.5, 0.6) is 0 Å². The highest BCUT2D eigenvalue weighted by atomic mass is 15.1. The van der Waals surface area contributed by atoms with Crippen LogP contribution in [0.4, 0.5) is 5.69 Å². The highest BCUT2D eigenvalue weighted by Crippen LogP contribution is 2.38. The summed E-state index contributed by atoms with van der Waals surface area (Å²) in [4.78, 5) is 6.81. The van der Waals surface area contributed by atoms with Crippen LogP contribution < -0.4 is 10.2 Å². The van der Waals surface area contributed by atoms with E-state index in [4.69, 9.17) is 0 Å². The number of anilines is 1. The SMILES string of the molecule is CCCNCc1ccncc1N(C)C1CCC(C)(C)CC1. The first kappa shape index (κ1) is 16.3. The average molecular weight is 289 g/mol. The molecule has 0 bridgehead atoms. The Morgan fingerprint density at radius 3 is 2.71 bits per heavy atom. The number of hydrogen-bond acceptors (Lipinski definition) is 3. The number of hydrogen-bond donors (Lipinski definition) is 1. The molecule has 0 saturated heterocycles. The first-order valence-corrected chi connectivity index (χ1v) is 8.40. The minimum Gasteiger partial charge on any atom is -0.370 e. The number of rotatable bonds is 6. The summed E-state index contributed by atoms with van der Waals surface area (Å²) >= 11 is 0. The van der Waals surface area contributed by atoms with Crippen molar-refractivity contribution in [1.82, 2.24) is 10.3 Å². The zero-order valence-electron chi connectivity index (χ0n) is 14.2. The Labute approximate surface area is 130 Å². The van der Waals surface area contributed by atoms with Gasteiger partial charge in [-0.1, -0.05) is 20.8 Å². The summed E-state index contributed by atoms with van der Waals surface area (Å²) in [5, 5.41) is 3.51. The van der Waals surface area contributed by atoms with Crippen LogP contribution in [0.2, 0.25) is 0 Å². The van der Waals surface area contributed by atoms with E-state index in [1.807, 2.05) is 12.4 Å². The van der Waals surface area contributed by atoms with Crippen LogP contribution in [0.1, 0.15) is 58.4 Å².